The van der Waals surface area contributed by atoms with E-state index < -0.39 is 11.6 Å². The SMILES string of the molecule is CN(C)CC(=O)N[C@]1(C)CC2(CCN(c3ncnc4nc[nH]c34)CC2)OC[C@H]1O. The lowest BCUT2D eigenvalue weighted by Gasteiger charge is -2.52. The number of aliphatic hydroxyl groups excluding tert-OH is 1. The molecule has 0 saturated carbocycles. The van der Waals surface area contributed by atoms with Crippen LogP contribution in [-0.2, 0) is 9.53 Å². The highest BCUT2D eigenvalue weighted by atomic mass is 16.5. The Labute approximate surface area is 169 Å². The predicted octanol–water partition coefficient (Wildman–Crippen LogP) is -0.0904. The van der Waals surface area contributed by atoms with Crippen LogP contribution in [0.5, 0.6) is 0 Å². The zero-order valence-electron chi connectivity index (χ0n) is 17.2. The minimum Gasteiger partial charge on any atom is -0.388 e. The van der Waals surface area contributed by atoms with Crippen molar-refractivity contribution in [3.05, 3.63) is 12.7 Å². The van der Waals surface area contributed by atoms with Crippen molar-refractivity contribution in [2.75, 3.05) is 45.2 Å². The van der Waals surface area contributed by atoms with Crippen molar-refractivity contribution >= 4 is 22.9 Å². The van der Waals surface area contributed by atoms with Crippen molar-refractivity contribution in [3.63, 3.8) is 0 Å². The number of hydrogen-bond acceptors (Lipinski definition) is 8. The molecule has 4 rings (SSSR count). The van der Waals surface area contributed by atoms with Crippen molar-refractivity contribution in [2.24, 2.45) is 0 Å². The summed E-state index contributed by atoms with van der Waals surface area (Å²) >= 11 is 0. The summed E-state index contributed by atoms with van der Waals surface area (Å²) in [5, 5.41) is 13.6. The fraction of sp³-hybridized carbons (Fsp3) is 0.684. The van der Waals surface area contributed by atoms with Gasteiger partial charge in [-0.2, -0.15) is 0 Å². The van der Waals surface area contributed by atoms with Crippen LogP contribution >= 0.6 is 0 Å². The van der Waals surface area contributed by atoms with Gasteiger partial charge < -0.3 is 29.9 Å². The van der Waals surface area contributed by atoms with Crippen molar-refractivity contribution < 1.29 is 14.6 Å². The van der Waals surface area contributed by atoms with Gasteiger partial charge in [0.15, 0.2) is 11.5 Å². The largest absolute Gasteiger partial charge is 0.388 e. The Kier molecular flexibility index (Phi) is 5.18. The lowest BCUT2D eigenvalue weighted by Crippen LogP contribution is -2.66. The van der Waals surface area contributed by atoms with Crippen molar-refractivity contribution in [1.82, 2.24) is 30.2 Å². The molecule has 0 bridgehead atoms. The molecule has 2 aliphatic heterocycles. The summed E-state index contributed by atoms with van der Waals surface area (Å²) in [7, 11) is 3.70. The van der Waals surface area contributed by atoms with Gasteiger partial charge in [-0.25, -0.2) is 15.0 Å². The highest BCUT2D eigenvalue weighted by Gasteiger charge is 2.50. The average Bonchev–Trinajstić information content (AvgIpc) is 3.14. The maximum Gasteiger partial charge on any atom is 0.234 e. The maximum absolute atomic E-state index is 12.3. The second-order valence-corrected chi connectivity index (χ2v) is 8.68. The number of hydrogen-bond donors (Lipinski definition) is 3. The molecule has 2 atom stereocenters. The summed E-state index contributed by atoms with van der Waals surface area (Å²) in [6.07, 6.45) is 4.59. The van der Waals surface area contributed by atoms with E-state index in [2.05, 4.69) is 30.2 Å². The van der Waals surface area contributed by atoms with Crippen LogP contribution in [0, 0.1) is 0 Å². The van der Waals surface area contributed by atoms with Gasteiger partial charge in [0.25, 0.3) is 0 Å². The fourth-order valence-electron chi connectivity index (χ4n) is 4.49. The minimum atomic E-state index is -0.733. The molecule has 158 valence electrons. The first-order valence-electron chi connectivity index (χ1n) is 9.97. The van der Waals surface area contributed by atoms with Crippen LogP contribution in [0.1, 0.15) is 26.2 Å². The van der Waals surface area contributed by atoms with Crippen molar-refractivity contribution in [3.8, 4) is 0 Å². The zero-order valence-corrected chi connectivity index (χ0v) is 17.2. The third-order valence-electron chi connectivity index (χ3n) is 6.03. The summed E-state index contributed by atoms with van der Waals surface area (Å²) < 4.78 is 6.14. The van der Waals surface area contributed by atoms with Crippen LogP contribution in [-0.4, -0.2) is 93.4 Å². The van der Waals surface area contributed by atoms with E-state index in [-0.39, 0.29) is 24.7 Å². The van der Waals surface area contributed by atoms with Crippen molar-refractivity contribution in [1.29, 1.82) is 0 Å². The summed E-state index contributed by atoms with van der Waals surface area (Å²) in [4.78, 5) is 32.3. The second kappa shape index (κ2) is 7.51. The highest BCUT2D eigenvalue weighted by molar-refractivity contribution is 5.82. The van der Waals surface area contributed by atoms with Gasteiger partial charge in [-0.3, -0.25) is 4.79 Å². The summed E-state index contributed by atoms with van der Waals surface area (Å²) in [5.41, 5.74) is 0.419. The Hall–Kier alpha value is -2.30. The number of nitrogens with one attached hydrogen (secondary N) is 2. The molecule has 0 aromatic carbocycles. The first kappa shape index (κ1) is 20.0. The van der Waals surface area contributed by atoms with Gasteiger partial charge in [0.05, 0.1) is 30.6 Å². The first-order chi connectivity index (χ1) is 13.8. The van der Waals surface area contributed by atoms with Gasteiger partial charge in [0.2, 0.25) is 5.91 Å². The van der Waals surface area contributed by atoms with Gasteiger partial charge in [-0.15, -0.1) is 0 Å². The van der Waals surface area contributed by atoms with E-state index in [0.29, 0.717) is 12.1 Å². The number of aromatic nitrogens is 4. The second-order valence-electron chi connectivity index (χ2n) is 8.68. The molecular formula is C19H29N7O3. The maximum atomic E-state index is 12.3. The summed E-state index contributed by atoms with van der Waals surface area (Å²) in [6.45, 7) is 3.96. The van der Waals surface area contributed by atoms with E-state index in [1.165, 1.54) is 6.33 Å². The Morgan fingerprint density at radius 3 is 2.86 bits per heavy atom. The van der Waals surface area contributed by atoms with Crippen molar-refractivity contribution in [2.45, 2.75) is 43.4 Å². The normalized spacial score (nSPS) is 26.9. The number of H-pyrrole nitrogens is 1. The van der Waals surface area contributed by atoms with Crippen LogP contribution in [0.15, 0.2) is 12.7 Å². The molecule has 2 fully saturated rings. The number of likely N-dealkylation sites (N-methyl/N-ethyl adjacent to an activating group) is 1. The molecule has 2 aromatic rings. The van der Waals surface area contributed by atoms with E-state index in [4.69, 9.17) is 4.74 Å². The predicted molar refractivity (Wildman–Crippen MR) is 108 cm³/mol. The molecule has 1 amide bonds. The first-order valence-corrected chi connectivity index (χ1v) is 9.97. The van der Waals surface area contributed by atoms with E-state index in [9.17, 15) is 9.90 Å². The number of fused-ring (bicyclic) bond motifs is 1. The summed E-state index contributed by atoms with van der Waals surface area (Å²) in [6, 6.07) is 0. The molecule has 2 saturated heterocycles. The van der Waals surface area contributed by atoms with Crippen LogP contribution < -0.4 is 10.2 Å². The van der Waals surface area contributed by atoms with Gasteiger partial charge in [0.1, 0.15) is 17.9 Å². The fourth-order valence-corrected chi connectivity index (χ4v) is 4.49. The van der Waals surface area contributed by atoms with Gasteiger partial charge >= 0.3 is 0 Å². The van der Waals surface area contributed by atoms with E-state index in [1.807, 2.05) is 25.9 Å². The van der Waals surface area contributed by atoms with Gasteiger partial charge in [-0.05, 0) is 33.9 Å². The van der Waals surface area contributed by atoms with Crippen LogP contribution in [0.25, 0.3) is 11.2 Å². The van der Waals surface area contributed by atoms with Crippen LogP contribution in [0.4, 0.5) is 5.82 Å². The number of imidazole rings is 1. The Morgan fingerprint density at radius 1 is 1.38 bits per heavy atom. The lowest BCUT2D eigenvalue weighted by molar-refractivity contribution is -0.172. The lowest BCUT2D eigenvalue weighted by atomic mass is 9.74. The summed E-state index contributed by atoms with van der Waals surface area (Å²) in [5.74, 6) is 0.758. The zero-order chi connectivity index (χ0) is 20.6. The number of carbonyl (C=O) groups is 1. The number of carbonyl (C=O) groups excluding carboxylic acids is 1. The number of piperidine rings is 1. The van der Waals surface area contributed by atoms with E-state index in [1.54, 1.807) is 6.33 Å². The third-order valence-corrected chi connectivity index (χ3v) is 6.03. The number of ether oxygens (including phenoxy) is 1. The smallest absolute Gasteiger partial charge is 0.234 e. The molecule has 1 spiro atoms. The molecule has 10 nitrogen and oxygen atoms in total. The highest BCUT2D eigenvalue weighted by Crippen LogP contribution is 2.40. The van der Waals surface area contributed by atoms with Gasteiger partial charge in [-0.1, -0.05) is 0 Å². The molecule has 4 heterocycles. The molecular weight excluding hydrogens is 374 g/mol. The van der Waals surface area contributed by atoms with Crippen LogP contribution in [0.2, 0.25) is 0 Å². The number of anilines is 1. The Morgan fingerprint density at radius 2 is 2.14 bits per heavy atom. The number of aromatic amines is 1. The molecule has 2 aromatic heterocycles. The van der Waals surface area contributed by atoms with E-state index >= 15 is 0 Å². The minimum absolute atomic E-state index is 0.0892. The number of rotatable bonds is 4. The van der Waals surface area contributed by atoms with E-state index in [0.717, 1.165) is 37.3 Å². The molecule has 2 aliphatic rings. The number of nitrogens with zero attached hydrogens (tertiary/aromatic N) is 5. The quantitative estimate of drug-likeness (QED) is 0.648. The Bertz CT molecular complexity index is 878. The molecule has 0 radical (unpaired) electrons. The van der Waals surface area contributed by atoms with Gasteiger partial charge in [0, 0.05) is 19.5 Å². The molecule has 29 heavy (non-hydrogen) atoms. The molecule has 10 heteroatoms. The molecule has 0 unspecified atom stereocenters. The Balaban J connectivity index is 1.46. The third kappa shape index (κ3) is 3.92. The monoisotopic (exact) mass is 403 g/mol. The van der Waals surface area contributed by atoms with Crippen LogP contribution in [0.3, 0.4) is 0 Å². The number of aliphatic hydroxyl groups is 1. The average molecular weight is 403 g/mol. The standard InChI is InChI=1S/C19H29N7O3/c1-18(24-14(28)8-25(2)3)10-19(29-9-13(18)27)4-6-26(7-5-19)17-15-16(21-11-20-15)22-12-23-17/h11-13,27H,4-10H2,1-3H3,(H,24,28)(H,20,21,22,23)/t13-,18-/m1/s1. The topological polar surface area (TPSA) is 120 Å². The molecule has 3 N–H and O–H groups in total. The molecule has 0 aliphatic carbocycles. The number of amides is 1.